The second-order valence-electron chi connectivity index (χ2n) is 3.77. The molecule has 94 valence electrons. The first-order valence-electron chi connectivity index (χ1n) is 5.28. The van der Waals surface area contributed by atoms with Gasteiger partial charge >= 0.3 is 0 Å². The van der Waals surface area contributed by atoms with Gasteiger partial charge in [0.15, 0.2) is 18.1 Å². The van der Waals surface area contributed by atoms with Gasteiger partial charge in [-0.2, -0.15) is 0 Å². The van der Waals surface area contributed by atoms with Crippen LogP contribution in [0.5, 0.6) is 11.5 Å². The molecule has 0 aliphatic carbocycles. The number of hydrogen-bond donors (Lipinski definition) is 1. The van der Waals surface area contributed by atoms with E-state index in [0.29, 0.717) is 18.0 Å². The molecule has 0 bridgehead atoms. The molecule has 5 heteroatoms. The van der Waals surface area contributed by atoms with Gasteiger partial charge in [0.1, 0.15) is 0 Å². The summed E-state index contributed by atoms with van der Waals surface area (Å²) in [6.45, 7) is 0.429. The molecule has 17 heavy (non-hydrogen) atoms. The van der Waals surface area contributed by atoms with Crippen LogP contribution in [-0.2, 0) is 11.3 Å². The third kappa shape index (κ3) is 3.64. The maximum absolute atomic E-state index is 11.4. The summed E-state index contributed by atoms with van der Waals surface area (Å²) in [5.74, 6) is 1.02. The van der Waals surface area contributed by atoms with E-state index in [4.69, 9.17) is 15.2 Å². The molecule has 0 atom stereocenters. The number of carbonyl (C=O) groups excluding carboxylic acids is 1. The van der Waals surface area contributed by atoms with Crippen molar-refractivity contribution in [2.75, 3.05) is 27.8 Å². The van der Waals surface area contributed by atoms with E-state index >= 15 is 0 Å². The highest BCUT2D eigenvalue weighted by Crippen LogP contribution is 2.27. The highest BCUT2D eigenvalue weighted by molar-refractivity contribution is 5.77. The number of benzene rings is 1. The van der Waals surface area contributed by atoms with Crippen LogP contribution in [-0.4, -0.2) is 38.6 Å². The van der Waals surface area contributed by atoms with Gasteiger partial charge in [-0.3, -0.25) is 4.79 Å². The van der Waals surface area contributed by atoms with E-state index in [1.165, 1.54) is 4.90 Å². The van der Waals surface area contributed by atoms with Crippen LogP contribution in [0.25, 0.3) is 0 Å². The van der Waals surface area contributed by atoms with Gasteiger partial charge in [0.25, 0.3) is 5.91 Å². The minimum absolute atomic E-state index is 0.00860. The molecule has 5 nitrogen and oxygen atoms in total. The van der Waals surface area contributed by atoms with Gasteiger partial charge in [-0.1, -0.05) is 6.07 Å². The Morgan fingerprint density at radius 1 is 1.35 bits per heavy atom. The first-order valence-corrected chi connectivity index (χ1v) is 5.28. The summed E-state index contributed by atoms with van der Waals surface area (Å²) in [6.07, 6.45) is 0. The molecule has 0 saturated carbocycles. The lowest BCUT2D eigenvalue weighted by atomic mass is 10.2. The monoisotopic (exact) mass is 238 g/mol. The Morgan fingerprint density at radius 3 is 2.59 bits per heavy atom. The van der Waals surface area contributed by atoms with Crippen LogP contribution in [0.3, 0.4) is 0 Å². The molecule has 0 aromatic heterocycles. The number of nitrogens with zero attached hydrogens (tertiary/aromatic N) is 1. The minimum atomic E-state index is -0.102. The number of hydrogen-bond acceptors (Lipinski definition) is 4. The van der Waals surface area contributed by atoms with E-state index in [2.05, 4.69) is 0 Å². The summed E-state index contributed by atoms with van der Waals surface area (Å²) in [7, 11) is 4.91. The van der Waals surface area contributed by atoms with Crippen molar-refractivity contribution in [1.82, 2.24) is 4.90 Å². The smallest absolute Gasteiger partial charge is 0.259 e. The highest BCUT2D eigenvalue weighted by atomic mass is 16.5. The maximum atomic E-state index is 11.4. The molecule has 0 heterocycles. The first kappa shape index (κ1) is 13.3. The van der Waals surface area contributed by atoms with Crippen LogP contribution in [0.1, 0.15) is 5.56 Å². The predicted octanol–water partition coefficient (Wildman–Crippen LogP) is 0.621. The molecule has 1 aromatic rings. The van der Waals surface area contributed by atoms with Gasteiger partial charge in [-0.15, -0.1) is 0 Å². The lowest BCUT2D eigenvalue weighted by Gasteiger charge is -2.14. The summed E-state index contributed by atoms with van der Waals surface area (Å²) in [5, 5.41) is 0. The molecular formula is C12H18N2O3. The molecule has 0 aliphatic heterocycles. The molecule has 0 saturated heterocycles. The molecule has 0 aliphatic rings. The number of ether oxygens (including phenoxy) is 2. The predicted molar refractivity (Wildman–Crippen MR) is 65.1 cm³/mol. The van der Waals surface area contributed by atoms with E-state index in [-0.39, 0.29) is 12.5 Å². The lowest BCUT2D eigenvalue weighted by Crippen LogP contribution is -2.27. The van der Waals surface area contributed by atoms with Gasteiger partial charge < -0.3 is 20.1 Å². The molecule has 0 fully saturated rings. The zero-order valence-corrected chi connectivity index (χ0v) is 10.4. The van der Waals surface area contributed by atoms with Crippen LogP contribution < -0.4 is 15.2 Å². The molecular weight excluding hydrogens is 220 g/mol. The van der Waals surface area contributed by atoms with Gasteiger partial charge in [0, 0.05) is 20.6 Å². The first-order chi connectivity index (χ1) is 8.08. The number of methoxy groups -OCH3 is 1. The number of amides is 1. The number of rotatable bonds is 5. The Kier molecular flexibility index (Phi) is 4.78. The van der Waals surface area contributed by atoms with Crippen molar-refractivity contribution in [1.29, 1.82) is 0 Å². The SMILES string of the molecule is COc1cc(CN)ccc1OCC(=O)N(C)C. The average Bonchev–Trinajstić information content (AvgIpc) is 2.35. The highest BCUT2D eigenvalue weighted by Gasteiger charge is 2.09. The Labute approximate surface area is 101 Å². The van der Waals surface area contributed by atoms with E-state index < -0.39 is 0 Å². The fraction of sp³-hybridized carbons (Fsp3) is 0.417. The third-order valence-corrected chi connectivity index (χ3v) is 2.31. The quantitative estimate of drug-likeness (QED) is 0.816. The van der Waals surface area contributed by atoms with E-state index in [9.17, 15) is 4.79 Å². The summed E-state index contributed by atoms with van der Waals surface area (Å²) in [6, 6.07) is 5.40. The van der Waals surface area contributed by atoms with Crippen molar-refractivity contribution in [2.24, 2.45) is 5.73 Å². The van der Waals surface area contributed by atoms with Crippen molar-refractivity contribution in [3.05, 3.63) is 23.8 Å². The molecule has 2 N–H and O–H groups in total. The Bertz CT molecular complexity index is 391. The standard InChI is InChI=1S/C12H18N2O3/c1-14(2)12(15)8-17-10-5-4-9(7-13)6-11(10)16-3/h4-6H,7-8,13H2,1-3H3. The molecule has 0 radical (unpaired) electrons. The zero-order chi connectivity index (χ0) is 12.8. The summed E-state index contributed by atoms with van der Waals surface area (Å²) >= 11 is 0. The van der Waals surface area contributed by atoms with Crippen molar-refractivity contribution in [3.8, 4) is 11.5 Å². The number of carbonyl (C=O) groups is 1. The van der Waals surface area contributed by atoms with Crippen molar-refractivity contribution >= 4 is 5.91 Å². The molecule has 1 aromatic carbocycles. The van der Waals surface area contributed by atoms with Crippen molar-refractivity contribution in [2.45, 2.75) is 6.54 Å². The van der Waals surface area contributed by atoms with Gasteiger partial charge in [-0.05, 0) is 17.7 Å². The van der Waals surface area contributed by atoms with Crippen LogP contribution in [0, 0.1) is 0 Å². The lowest BCUT2D eigenvalue weighted by molar-refractivity contribution is -0.130. The fourth-order valence-corrected chi connectivity index (χ4v) is 1.23. The average molecular weight is 238 g/mol. The number of likely N-dealkylation sites (N-methyl/N-ethyl adjacent to an activating group) is 1. The summed E-state index contributed by atoms with van der Waals surface area (Å²) in [4.78, 5) is 12.9. The van der Waals surface area contributed by atoms with Gasteiger partial charge in [-0.25, -0.2) is 0 Å². The summed E-state index contributed by atoms with van der Waals surface area (Å²) < 4.78 is 10.6. The van der Waals surface area contributed by atoms with Crippen LogP contribution in [0.2, 0.25) is 0 Å². The third-order valence-electron chi connectivity index (χ3n) is 2.31. The fourth-order valence-electron chi connectivity index (χ4n) is 1.23. The van der Waals surface area contributed by atoms with E-state index in [1.54, 1.807) is 33.3 Å². The van der Waals surface area contributed by atoms with Gasteiger partial charge in [0.05, 0.1) is 7.11 Å². The topological polar surface area (TPSA) is 64.8 Å². The molecule has 0 unspecified atom stereocenters. The molecule has 0 spiro atoms. The Hall–Kier alpha value is -1.75. The normalized spacial score (nSPS) is 9.88. The molecule has 1 amide bonds. The van der Waals surface area contributed by atoms with Crippen LogP contribution >= 0.6 is 0 Å². The van der Waals surface area contributed by atoms with Crippen LogP contribution in [0.4, 0.5) is 0 Å². The maximum Gasteiger partial charge on any atom is 0.259 e. The Morgan fingerprint density at radius 2 is 2.06 bits per heavy atom. The number of nitrogens with two attached hydrogens (primary N) is 1. The van der Waals surface area contributed by atoms with E-state index in [0.717, 1.165) is 5.56 Å². The zero-order valence-electron chi connectivity index (χ0n) is 10.4. The largest absolute Gasteiger partial charge is 0.493 e. The van der Waals surface area contributed by atoms with E-state index in [1.807, 2.05) is 6.07 Å². The summed E-state index contributed by atoms with van der Waals surface area (Å²) in [5.41, 5.74) is 6.48. The van der Waals surface area contributed by atoms with Crippen LogP contribution in [0.15, 0.2) is 18.2 Å². The second kappa shape index (κ2) is 6.10. The van der Waals surface area contributed by atoms with Gasteiger partial charge in [0.2, 0.25) is 0 Å². The second-order valence-corrected chi connectivity index (χ2v) is 3.77. The van der Waals surface area contributed by atoms with Crippen molar-refractivity contribution in [3.63, 3.8) is 0 Å². The van der Waals surface area contributed by atoms with Crippen molar-refractivity contribution < 1.29 is 14.3 Å². The minimum Gasteiger partial charge on any atom is -0.493 e. The Balaban J connectivity index is 2.74. The molecule has 1 rings (SSSR count).